The van der Waals surface area contributed by atoms with E-state index in [4.69, 9.17) is 10.5 Å². The zero-order chi connectivity index (χ0) is 22.5. The third kappa shape index (κ3) is 8.97. The van der Waals surface area contributed by atoms with Crippen LogP contribution in [-0.2, 0) is 45.4 Å². The van der Waals surface area contributed by atoms with Crippen LogP contribution in [0.3, 0.4) is 0 Å². The summed E-state index contributed by atoms with van der Waals surface area (Å²) >= 11 is 0. The number of halogens is 1. The van der Waals surface area contributed by atoms with Crippen molar-refractivity contribution in [1.29, 1.82) is 0 Å². The second-order valence-corrected chi connectivity index (χ2v) is 10.3. The van der Waals surface area contributed by atoms with E-state index in [0.29, 0.717) is 6.21 Å². The van der Waals surface area contributed by atoms with Gasteiger partial charge in [-0.05, 0) is 0 Å². The van der Waals surface area contributed by atoms with Gasteiger partial charge >= 0.3 is 23.5 Å². The third-order valence-corrected chi connectivity index (χ3v) is 7.76. The van der Waals surface area contributed by atoms with Crippen LogP contribution in [-0.4, -0.2) is 72.4 Å². The second-order valence-electron chi connectivity index (χ2n) is 5.24. The SMILES string of the molecule is COP(=O)(OC)OP(=O)(O)OP(=O)(O)OCC1OC(N=CC(F)C(N)=O)CC1O. The monoisotopic (exact) mass is 488 g/mol. The van der Waals surface area contributed by atoms with Crippen LogP contribution in [0.2, 0.25) is 0 Å². The molecule has 0 saturated carbocycles. The van der Waals surface area contributed by atoms with Gasteiger partial charge in [0.25, 0.3) is 5.91 Å². The molecule has 0 aromatic rings. The summed E-state index contributed by atoms with van der Waals surface area (Å²) < 4.78 is 74.1. The molecule has 0 aromatic heterocycles. The largest absolute Gasteiger partial charge is 0.490 e. The molecule has 0 aromatic carbocycles. The lowest BCUT2D eigenvalue weighted by molar-refractivity contribution is -0.120. The first-order valence-electron chi connectivity index (χ1n) is 7.47. The summed E-state index contributed by atoms with van der Waals surface area (Å²) in [6.07, 6.45) is -5.47. The summed E-state index contributed by atoms with van der Waals surface area (Å²) in [5.41, 5.74) is 4.70. The maximum atomic E-state index is 13.1. The van der Waals surface area contributed by atoms with Crippen LogP contribution < -0.4 is 5.73 Å². The van der Waals surface area contributed by atoms with Crippen LogP contribution in [0.25, 0.3) is 0 Å². The molecule has 0 aliphatic carbocycles. The van der Waals surface area contributed by atoms with Gasteiger partial charge in [0.2, 0.25) is 6.17 Å². The quantitative estimate of drug-likeness (QED) is 0.210. The molecule has 1 saturated heterocycles. The van der Waals surface area contributed by atoms with E-state index in [-0.39, 0.29) is 6.42 Å². The summed E-state index contributed by atoms with van der Waals surface area (Å²) in [5, 5.41) is 9.80. The number of carbonyl (C=O) groups excluding carboxylic acids is 1. The Morgan fingerprint density at radius 2 is 1.86 bits per heavy atom. The molecule has 1 fully saturated rings. The first-order chi connectivity index (χ1) is 13.2. The fraction of sp³-hybridized carbons (Fsp3) is 0.800. The molecule has 1 rings (SSSR count). The minimum absolute atomic E-state index is 0.181. The van der Waals surface area contributed by atoms with Crippen molar-refractivity contribution in [3.63, 3.8) is 0 Å². The Kier molecular flexibility index (Phi) is 9.68. The number of primary amides is 1. The van der Waals surface area contributed by atoms with Gasteiger partial charge in [-0.1, -0.05) is 0 Å². The Morgan fingerprint density at radius 1 is 1.28 bits per heavy atom. The molecule has 1 aliphatic heterocycles. The van der Waals surface area contributed by atoms with Gasteiger partial charge in [0.05, 0.1) is 12.7 Å². The van der Waals surface area contributed by atoms with Gasteiger partial charge in [0, 0.05) is 26.9 Å². The van der Waals surface area contributed by atoms with Gasteiger partial charge in [-0.3, -0.25) is 23.4 Å². The first-order valence-corrected chi connectivity index (χ1v) is 11.9. The van der Waals surface area contributed by atoms with E-state index < -0.39 is 60.6 Å². The fourth-order valence-corrected chi connectivity index (χ4v) is 5.45. The number of aliphatic hydroxyl groups excluding tert-OH is 1. The minimum atomic E-state index is -5.45. The normalized spacial score (nSPS) is 28.1. The summed E-state index contributed by atoms with van der Waals surface area (Å²) in [4.78, 5) is 33.0. The molecule has 5 N–H and O–H groups in total. The molecule has 29 heavy (non-hydrogen) atoms. The third-order valence-electron chi connectivity index (χ3n) is 3.12. The summed E-state index contributed by atoms with van der Waals surface area (Å²) in [7, 11) is -13.7. The maximum Gasteiger partial charge on any atom is 0.490 e. The summed E-state index contributed by atoms with van der Waals surface area (Å²) in [6, 6.07) is 0. The van der Waals surface area contributed by atoms with Crippen molar-refractivity contribution in [1.82, 2.24) is 0 Å². The average Bonchev–Trinajstić information content (AvgIpc) is 2.96. The lowest BCUT2D eigenvalue weighted by atomic mass is 10.2. The van der Waals surface area contributed by atoms with Crippen LogP contribution >= 0.6 is 23.5 Å². The second kappa shape index (κ2) is 10.6. The predicted octanol–water partition coefficient (Wildman–Crippen LogP) is 0.00800. The van der Waals surface area contributed by atoms with E-state index in [9.17, 15) is 37.8 Å². The van der Waals surface area contributed by atoms with E-state index in [2.05, 4.69) is 27.2 Å². The molecule has 6 unspecified atom stereocenters. The molecule has 0 radical (unpaired) electrons. The number of nitrogens with two attached hydrogens (primary N) is 1. The molecular weight excluding hydrogens is 468 g/mol. The molecule has 1 amide bonds. The van der Waals surface area contributed by atoms with Crippen molar-refractivity contribution in [3.8, 4) is 0 Å². The first kappa shape index (κ1) is 26.4. The van der Waals surface area contributed by atoms with Crippen LogP contribution in [0.5, 0.6) is 0 Å². The highest BCUT2D eigenvalue weighted by molar-refractivity contribution is 7.67. The number of phosphoric acid groups is 3. The highest BCUT2D eigenvalue weighted by Gasteiger charge is 2.44. The van der Waals surface area contributed by atoms with Crippen LogP contribution in [0.1, 0.15) is 6.42 Å². The number of alkyl halides is 1. The van der Waals surface area contributed by atoms with Gasteiger partial charge in [-0.25, -0.2) is 18.1 Å². The number of hydrogen-bond acceptors (Lipinski definition) is 12. The topological polar surface area (TPSA) is 223 Å². The van der Waals surface area contributed by atoms with E-state index in [1.54, 1.807) is 0 Å². The molecule has 15 nitrogen and oxygen atoms in total. The maximum absolute atomic E-state index is 13.1. The number of aliphatic hydroxyl groups is 1. The summed E-state index contributed by atoms with van der Waals surface area (Å²) in [5.74, 6) is -1.28. The molecule has 170 valence electrons. The molecule has 1 aliphatic rings. The van der Waals surface area contributed by atoms with Crippen molar-refractivity contribution >= 4 is 35.6 Å². The number of rotatable bonds is 12. The number of ether oxygens (including phenoxy) is 1. The van der Waals surface area contributed by atoms with Crippen LogP contribution in [0, 0.1) is 0 Å². The average molecular weight is 488 g/mol. The molecular formula is C10H20FN2O13P3. The molecule has 0 spiro atoms. The van der Waals surface area contributed by atoms with E-state index in [1.165, 1.54) is 0 Å². The zero-order valence-corrected chi connectivity index (χ0v) is 17.7. The van der Waals surface area contributed by atoms with E-state index in [0.717, 1.165) is 14.2 Å². The number of carbonyl (C=O) groups is 1. The van der Waals surface area contributed by atoms with Crippen molar-refractivity contribution < 1.29 is 64.7 Å². The summed E-state index contributed by atoms with van der Waals surface area (Å²) in [6.45, 7) is -0.831. The molecule has 1 heterocycles. The Balaban J connectivity index is 2.63. The number of nitrogens with zero attached hydrogens (tertiary/aromatic N) is 1. The minimum Gasteiger partial charge on any atom is -0.390 e. The van der Waals surface area contributed by atoms with Crippen molar-refractivity contribution in [3.05, 3.63) is 0 Å². The van der Waals surface area contributed by atoms with Crippen LogP contribution in [0.15, 0.2) is 4.99 Å². The number of amides is 1. The Hall–Kier alpha value is -0.600. The number of phosphoric ester groups is 2. The standard InChI is InChI=1S/C10H20FN2O13P3/c1-21-29(20,22-2)26-28(18,19)25-27(16,17)23-5-8-7(14)3-9(24-8)13-4-6(11)10(12)15/h4,6-9,14H,3,5H2,1-2H3,(H2,12,15)(H,16,17)(H,18,19). The van der Waals surface area contributed by atoms with Gasteiger partial charge in [0.15, 0.2) is 6.23 Å². The Labute approximate surface area is 163 Å². The van der Waals surface area contributed by atoms with Crippen molar-refractivity contribution in [2.75, 3.05) is 20.8 Å². The smallest absolute Gasteiger partial charge is 0.390 e. The van der Waals surface area contributed by atoms with E-state index in [1.807, 2.05) is 0 Å². The van der Waals surface area contributed by atoms with Gasteiger partial charge < -0.3 is 25.4 Å². The Morgan fingerprint density at radius 3 is 2.38 bits per heavy atom. The van der Waals surface area contributed by atoms with Crippen molar-refractivity contribution in [2.45, 2.75) is 31.0 Å². The number of aliphatic imine (C=N–C) groups is 1. The number of hydrogen-bond donors (Lipinski definition) is 4. The highest BCUT2D eigenvalue weighted by atomic mass is 31.3. The predicted molar refractivity (Wildman–Crippen MR) is 91.3 cm³/mol. The lowest BCUT2D eigenvalue weighted by Crippen LogP contribution is -2.26. The molecule has 0 bridgehead atoms. The highest BCUT2D eigenvalue weighted by Crippen LogP contribution is 2.68. The Bertz CT molecular complexity index is 742. The van der Waals surface area contributed by atoms with Crippen LogP contribution in [0.4, 0.5) is 4.39 Å². The molecule has 19 heteroatoms. The van der Waals surface area contributed by atoms with E-state index >= 15 is 0 Å². The fourth-order valence-electron chi connectivity index (χ4n) is 1.80. The zero-order valence-electron chi connectivity index (χ0n) is 15.0. The lowest BCUT2D eigenvalue weighted by Gasteiger charge is -2.20. The molecule has 6 atom stereocenters. The van der Waals surface area contributed by atoms with Crippen molar-refractivity contribution in [2.24, 2.45) is 10.7 Å². The van der Waals surface area contributed by atoms with Gasteiger partial charge in [0.1, 0.15) is 6.10 Å². The van der Waals surface area contributed by atoms with Gasteiger partial charge in [-0.15, -0.1) is 0 Å². The van der Waals surface area contributed by atoms with Gasteiger partial charge in [-0.2, -0.15) is 8.62 Å².